The molecule has 0 aliphatic rings. The van der Waals surface area contributed by atoms with Crippen LogP contribution in [0.4, 0.5) is 0 Å². The van der Waals surface area contributed by atoms with Gasteiger partial charge < -0.3 is 5.73 Å². The molecule has 0 aromatic heterocycles. The Kier molecular flexibility index (Phi) is 9.40. The molecule has 1 unspecified atom stereocenters. The SMILES string of the molecule is CCCC(N)CC(=O)Cl.Cl. The lowest BCUT2D eigenvalue weighted by molar-refractivity contribution is -0.112. The molecule has 0 bridgehead atoms. The Morgan fingerprint density at radius 2 is 2.20 bits per heavy atom. The second kappa shape index (κ2) is 7.32. The first-order valence-electron chi connectivity index (χ1n) is 3.10. The molecule has 0 rings (SSSR count). The average molecular weight is 186 g/mol. The van der Waals surface area contributed by atoms with Crippen LogP contribution in [0.2, 0.25) is 0 Å². The molecule has 4 heteroatoms. The smallest absolute Gasteiger partial charge is 0.223 e. The van der Waals surface area contributed by atoms with Crippen molar-refractivity contribution in [1.82, 2.24) is 0 Å². The second-order valence-corrected chi connectivity index (χ2v) is 2.53. The van der Waals surface area contributed by atoms with E-state index in [1.165, 1.54) is 0 Å². The van der Waals surface area contributed by atoms with Crippen molar-refractivity contribution < 1.29 is 4.79 Å². The van der Waals surface area contributed by atoms with Gasteiger partial charge in [-0.2, -0.15) is 0 Å². The molecule has 0 amide bonds. The van der Waals surface area contributed by atoms with Crippen LogP contribution in [0, 0.1) is 0 Å². The van der Waals surface area contributed by atoms with Gasteiger partial charge in [0.05, 0.1) is 0 Å². The highest BCUT2D eigenvalue weighted by atomic mass is 35.5. The van der Waals surface area contributed by atoms with E-state index >= 15 is 0 Å². The van der Waals surface area contributed by atoms with Crippen LogP contribution < -0.4 is 5.73 Å². The molecule has 0 saturated heterocycles. The van der Waals surface area contributed by atoms with Crippen LogP contribution in [0.3, 0.4) is 0 Å². The summed E-state index contributed by atoms with van der Waals surface area (Å²) in [4.78, 5) is 10.2. The van der Waals surface area contributed by atoms with Crippen LogP contribution in [-0.4, -0.2) is 11.3 Å². The monoisotopic (exact) mass is 185 g/mol. The molecule has 0 heterocycles. The molecule has 0 saturated carbocycles. The van der Waals surface area contributed by atoms with Crippen molar-refractivity contribution >= 4 is 29.3 Å². The third-order valence-corrected chi connectivity index (χ3v) is 1.24. The van der Waals surface area contributed by atoms with Gasteiger partial charge in [-0.25, -0.2) is 0 Å². The molecular weight excluding hydrogens is 173 g/mol. The molecule has 0 aromatic rings. The zero-order valence-electron chi connectivity index (χ0n) is 5.97. The first-order valence-corrected chi connectivity index (χ1v) is 3.48. The van der Waals surface area contributed by atoms with Crippen LogP contribution in [0.1, 0.15) is 26.2 Å². The zero-order valence-corrected chi connectivity index (χ0v) is 7.54. The molecule has 0 radical (unpaired) electrons. The van der Waals surface area contributed by atoms with E-state index in [4.69, 9.17) is 17.3 Å². The Morgan fingerprint density at radius 1 is 1.70 bits per heavy atom. The molecule has 2 nitrogen and oxygen atoms in total. The highest BCUT2D eigenvalue weighted by molar-refractivity contribution is 6.63. The number of hydrogen-bond acceptors (Lipinski definition) is 2. The van der Waals surface area contributed by atoms with Crippen molar-refractivity contribution in [1.29, 1.82) is 0 Å². The molecule has 0 fully saturated rings. The number of rotatable bonds is 4. The Labute approximate surface area is 72.5 Å². The quantitative estimate of drug-likeness (QED) is 0.679. The van der Waals surface area contributed by atoms with Gasteiger partial charge >= 0.3 is 0 Å². The van der Waals surface area contributed by atoms with Crippen molar-refractivity contribution in [3.8, 4) is 0 Å². The topological polar surface area (TPSA) is 43.1 Å². The van der Waals surface area contributed by atoms with Gasteiger partial charge in [0.15, 0.2) is 0 Å². The number of carbonyl (C=O) groups is 1. The lowest BCUT2D eigenvalue weighted by Crippen LogP contribution is -2.21. The van der Waals surface area contributed by atoms with E-state index in [2.05, 4.69) is 0 Å². The van der Waals surface area contributed by atoms with Gasteiger partial charge in [0.25, 0.3) is 0 Å². The van der Waals surface area contributed by atoms with Crippen LogP contribution in [0.25, 0.3) is 0 Å². The van der Waals surface area contributed by atoms with Gasteiger partial charge in [-0.15, -0.1) is 12.4 Å². The average Bonchev–Trinajstić information content (AvgIpc) is 1.63. The summed E-state index contributed by atoms with van der Waals surface area (Å²) in [5.41, 5.74) is 5.48. The first kappa shape index (κ1) is 12.8. The Balaban J connectivity index is 0. The third-order valence-electron chi connectivity index (χ3n) is 1.08. The predicted molar refractivity (Wildman–Crippen MR) is 45.6 cm³/mol. The fourth-order valence-corrected chi connectivity index (χ4v) is 0.877. The van der Waals surface area contributed by atoms with Gasteiger partial charge in [-0.3, -0.25) is 4.79 Å². The van der Waals surface area contributed by atoms with E-state index in [1.807, 2.05) is 6.92 Å². The van der Waals surface area contributed by atoms with Crippen LogP contribution in [0.15, 0.2) is 0 Å². The van der Waals surface area contributed by atoms with Gasteiger partial charge in [0.2, 0.25) is 5.24 Å². The van der Waals surface area contributed by atoms with Crippen molar-refractivity contribution in [3.63, 3.8) is 0 Å². The maximum absolute atomic E-state index is 10.2. The standard InChI is InChI=1S/C6H12ClNO.ClH/c1-2-3-5(8)4-6(7)9;/h5H,2-4,8H2,1H3;1H. The summed E-state index contributed by atoms with van der Waals surface area (Å²) < 4.78 is 0. The maximum atomic E-state index is 10.2. The Bertz CT molecular complexity index is 97.7. The largest absolute Gasteiger partial charge is 0.327 e. The summed E-state index contributed by atoms with van der Waals surface area (Å²) >= 11 is 5.09. The first-order chi connectivity index (χ1) is 4.16. The van der Waals surface area contributed by atoms with E-state index in [9.17, 15) is 4.79 Å². The molecule has 2 N–H and O–H groups in total. The summed E-state index contributed by atoms with van der Waals surface area (Å²) in [6.45, 7) is 2.03. The molecule has 62 valence electrons. The normalized spacial score (nSPS) is 11.9. The molecule has 0 aliphatic carbocycles. The minimum absolute atomic E-state index is 0. The predicted octanol–water partition coefficient (Wildman–Crippen LogP) is 1.69. The Morgan fingerprint density at radius 3 is 2.50 bits per heavy atom. The van der Waals surface area contributed by atoms with Crippen LogP contribution >= 0.6 is 24.0 Å². The summed E-state index contributed by atoms with van der Waals surface area (Å²) in [6.07, 6.45) is 2.18. The van der Waals surface area contributed by atoms with E-state index in [0.717, 1.165) is 12.8 Å². The molecule has 0 aliphatic heterocycles. The minimum atomic E-state index is -0.337. The van der Waals surface area contributed by atoms with Crippen molar-refractivity contribution in [3.05, 3.63) is 0 Å². The second-order valence-electron chi connectivity index (χ2n) is 2.11. The van der Waals surface area contributed by atoms with Gasteiger partial charge in [0.1, 0.15) is 0 Å². The van der Waals surface area contributed by atoms with E-state index in [0.29, 0.717) is 6.42 Å². The number of carbonyl (C=O) groups excluding carboxylic acids is 1. The minimum Gasteiger partial charge on any atom is -0.327 e. The highest BCUT2D eigenvalue weighted by Gasteiger charge is 2.04. The zero-order chi connectivity index (χ0) is 7.28. The fraction of sp³-hybridized carbons (Fsp3) is 0.833. The van der Waals surface area contributed by atoms with Crippen molar-refractivity contribution in [2.24, 2.45) is 5.73 Å². The van der Waals surface area contributed by atoms with Crippen molar-refractivity contribution in [2.45, 2.75) is 32.2 Å². The van der Waals surface area contributed by atoms with E-state index in [1.54, 1.807) is 0 Å². The Hall–Kier alpha value is 0.210. The lowest BCUT2D eigenvalue weighted by atomic mass is 10.1. The van der Waals surface area contributed by atoms with E-state index < -0.39 is 0 Å². The maximum Gasteiger partial charge on any atom is 0.223 e. The van der Waals surface area contributed by atoms with Crippen LogP contribution in [0.5, 0.6) is 0 Å². The van der Waals surface area contributed by atoms with Gasteiger partial charge in [-0.1, -0.05) is 13.3 Å². The summed E-state index contributed by atoms with van der Waals surface area (Å²) in [5.74, 6) is 0. The summed E-state index contributed by atoms with van der Waals surface area (Å²) in [5, 5.41) is -0.337. The summed E-state index contributed by atoms with van der Waals surface area (Å²) in [6, 6.07) is -0.0417. The number of hydrogen-bond donors (Lipinski definition) is 1. The highest BCUT2D eigenvalue weighted by Crippen LogP contribution is 2.00. The summed E-state index contributed by atoms with van der Waals surface area (Å²) in [7, 11) is 0. The molecule has 1 atom stereocenters. The molecular formula is C6H13Cl2NO. The van der Waals surface area contributed by atoms with Gasteiger partial charge in [0, 0.05) is 12.5 Å². The van der Waals surface area contributed by atoms with Gasteiger partial charge in [-0.05, 0) is 18.0 Å². The molecule has 0 aromatic carbocycles. The van der Waals surface area contributed by atoms with Crippen molar-refractivity contribution in [2.75, 3.05) is 0 Å². The number of halogens is 2. The molecule has 0 spiro atoms. The van der Waals surface area contributed by atoms with E-state index in [-0.39, 0.29) is 23.7 Å². The molecule has 10 heavy (non-hydrogen) atoms. The van der Waals surface area contributed by atoms with Crippen LogP contribution in [-0.2, 0) is 4.79 Å². The number of nitrogens with two attached hydrogens (primary N) is 1. The fourth-order valence-electron chi connectivity index (χ4n) is 0.679. The third kappa shape index (κ3) is 8.21. The lowest BCUT2D eigenvalue weighted by Gasteiger charge is -2.04.